The van der Waals surface area contributed by atoms with E-state index in [2.05, 4.69) is 10.1 Å². The Morgan fingerprint density at radius 3 is 2.62 bits per heavy atom. The van der Waals surface area contributed by atoms with Crippen molar-refractivity contribution in [2.24, 2.45) is 5.73 Å². The average Bonchev–Trinajstić information content (AvgIpc) is 3.07. The van der Waals surface area contributed by atoms with Crippen molar-refractivity contribution >= 4 is 18.3 Å². The molecule has 118 valence electrons. The highest BCUT2D eigenvalue weighted by Crippen LogP contribution is 2.28. The van der Waals surface area contributed by atoms with Crippen LogP contribution in [0.2, 0.25) is 0 Å². The average molecular weight is 316 g/mol. The Bertz CT molecular complexity index is 509. The van der Waals surface area contributed by atoms with Gasteiger partial charge in [-0.25, -0.2) is 0 Å². The van der Waals surface area contributed by atoms with Crippen molar-refractivity contribution in [3.63, 3.8) is 0 Å². The van der Waals surface area contributed by atoms with Gasteiger partial charge in [-0.2, -0.15) is 4.98 Å². The highest BCUT2D eigenvalue weighted by molar-refractivity contribution is 5.85. The summed E-state index contributed by atoms with van der Waals surface area (Å²) in [5.41, 5.74) is 5.32. The summed E-state index contributed by atoms with van der Waals surface area (Å²) < 4.78 is 5.21. The zero-order chi connectivity index (χ0) is 14.3. The third-order valence-corrected chi connectivity index (χ3v) is 3.73. The lowest BCUT2D eigenvalue weighted by atomic mass is 10.1. The molecule has 0 aromatic carbocycles. The number of piperazine rings is 1. The standard InChI is InChI=1S/C13H21N5O2.ClH/c1-13(2,14)12-15-10(20-16-12)7-17-5-6-18(9-3-4-9)11(19)8-17;/h9H,3-8,14H2,1-2H3;1H. The minimum absolute atomic E-state index is 0. The first kappa shape index (κ1) is 16.2. The second-order valence-corrected chi connectivity index (χ2v) is 6.26. The summed E-state index contributed by atoms with van der Waals surface area (Å²) in [5, 5.41) is 3.89. The first-order valence-corrected chi connectivity index (χ1v) is 7.07. The lowest BCUT2D eigenvalue weighted by Crippen LogP contribution is -2.50. The Hall–Kier alpha value is -1.18. The van der Waals surface area contributed by atoms with E-state index >= 15 is 0 Å². The fourth-order valence-electron chi connectivity index (χ4n) is 2.41. The quantitative estimate of drug-likeness (QED) is 0.870. The molecule has 1 amide bonds. The molecule has 7 nitrogen and oxygen atoms in total. The molecule has 8 heteroatoms. The maximum absolute atomic E-state index is 12.0. The molecule has 3 rings (SSSR count). The fraction of sp³-hybridized carbons (Fsp3) is 0.769. The van der Waals surface area contributed by atoms with Gasteiger partial charge in [0, 0.05) is 19.1 Å². The van der Waals surface area contributed by atoms with Crippen LogP contribution in [0.1, 0.15) is 38.4 Å². The third-order valence-electron chi connectivity index (χ3n) is 3.73. The minimum atomic E-state index is -0.609. The van der Waals surface area contributed by atoms with Crippen LogP contribution in [-0.2, 0) is 16.9 Å². The minimum Gasteiger partial charge on any atom is -0.338 e. The molecule has 1 saturated heterocycles. The summed E-state index contributed by atoms with van der Waals surface area (Å²) in [6.45, 7) is 6.26. The number of carbonyl (C=O) groups is 1. The van der Waals surface area contributed by atoms with E-state index < -0.39 is 5.54 Å². The fourth-order valence-corrected chi connectivity index (χ4v) is 2.41. The van der Waals surface area contributed by atoms with Gasteiger partial charge in [0.1, 0.15) is 0 Å². The Morgan fingerprint density at radius 2 is 2.10 bits per heavy atom. The maximum Gasteiger partial charge on any atom is 0.240 e. The molecule has 2 heterocycles. The van der Waals surface area contributed by atoms with Crippen LogP contribution >= 0.6 is 12.4 Å². The highest BCUT2D eigenvalue weighted by Gasteiger charge is 2.36. The van der Waals surface area contributed by atoms with Crippen molar-refractivity contribution in [1.82, 2.24) is 19.9 Å². The number of nitrogens with two attached hydrogens (primary N) is 1. The van der Waals surface area contributed by atoms with Gasteiger partial charge in [0.15, 0.2) is 5.82 Å². The van der Waals surface area contributed by atoms with E-state index in [9.17, 15) is 4.79 Å². The predicted octanol–water partition coefficient (Wildman–Crippen LogP) is 0.492. The first-order chi connectivity index (χ1) is 9.43. The topological polar surface area (TPSA) is 88.5 Å². The van der Waals surface area contributed by atoms with E-state index in [0.717, 1.165) is 25.9 Å². The van der Waals surface area contributed by atoms with Gasteiger partial charge in [0.05, 0.1) is 18.6 Å². The van der Waals surface area contributed by atoms with Crippen molar-refractivity contribution in [3.05, 3.63) is 11.7 Å². The molecule has 21 heavy (non-hydrogen) atoms. The van der Waals surface area contributed by atoms with Crippen LogP contribution < -0.4 is 5.73 Å². The summed E-state index contributed by atoms with van der Waals surface area (Å²) in [6, 6.07) is 0.498. The predicted molar refractivity (Wildman–Crippen MR) is 78.8 cm³/mol. The van der Waals surface area contributed by atoms with Crippen molar-refractivity contribution in [3.8, 4) is 0 Å². The zero-order valence-corrected chi connectivity index (χ0v) is 13.2. The van der Waals surface area contributed by atoms with Crippen LogP contribution in [0.3, 0.4) is 0 Å². The van der Waals surface area contributed by atoms with Gasteiger partial charge in [-0.1, -0.05) is 5.16 Å². The SMILES string of the molecule is CC(C)(N)c1noc(CN2CCN(C3CC3)C(=O)C2)n1.Cl. The second kappa shape index (κ2) is 5.90. The molecular formula is C13H22ClN5O2. The number of carbonyl (C=O) groups excluding carboxylic acids is 1. The van der Waals surface area contributed by atoms with Crippen LogP contribution in [0.4, 0.5) is 0 Å². The van der Waals surface area contributed by atoms with E-state index in [1.54, 1.807) is 0 Å². The number of nitrogens with zero attached hydrogens (tertiary/aromatic N) is 4. The smallest absolute Gasteiger partial charge is 0.240 e. The molecule has 2 aliphatic rings. The molecular weight excluding hydrogens is 294 g/mol. The van der Waals surface area contributed by atoms with E-state index in [1.165, 1.54) is 0 Å². The molecule has 0 radical (unpaired) electrons. The van der Waals surface area contributed by atoms with Crippen LogP contribution in [0, 0.1) is 0 Å². The van der Waals surface area contributed by atoms with E-state index in [-0.39, 0.29) is 18.3 Å². The van der Waals surface area contributed by atoms with Crippen LogP contribution in [0.5, 0.6) is 0 Å². The molecule has 1 aliphatic carbocycles. The lowest BCUT2D eigenvalue weighted by Gasteiger charge is -2.33. The summed E-state index contributed by atoms with van der Waals surface area (Å²) >= 11 is 0. The number of halogens is 1. The number of hydrogen-bond acceptors (Lipinski definition) is 6. The molecule has 0 bridgehead atoms. The largest absolute Gasteiger partial charge is 0.338 e. The Labute approximate surface area is 130 Å². The summed E-state index contributed by atoms with van der Waals surface area (Å²) in [5.74, 6) is 1.22. The number of hydrogen-bond donors (Lipinski definition) is 1. The maximum atomic E-state index is 12.0. The Kier molecular flexibility index (Phi) is 4.55. The third kappa shape index (κ3) is 3.72. The molecule has 1 aromatic heterocycles. The number of amides is 1. The highest BCUT2D eigenvalue weighted by atomic mass is 35.5. The van der Waals surface area contributed by atoms with E-state index in [0.29, 0.717) is 30.8 Å². The lowest BCUT2D eigenvalue weighted by molar-refractivity contribution is -0.137. The van der Waals surface area contributed by atoms with Crippen molar-refractivity contribution in [2.75, 3.05) is 19.6 Å². The van der Waals surface area contributed by atoms with Gasteiger partial charge in [-0.3, -0.25) is 9.69 Å². The molecule has 1 aromatic rings. The van der Waals surface area contributed by atoms with Gasteiger partial charge < -0.3 is 15.2 Å². The molecule has 0 atom stereocenters. The van der Waals surface area contributed by atoms with Gasteiger partial charge >= 0.3 is 0 Å². The Balaban J connectivity index is 0.00000161. The van der Waals surface area contributed by atoms with Crippen LogP contribution in [-0.4, -0.2) is 51.5 Å². The summed E-state index contributed by atoms with van der Waals surface area (Å²) in [4.78, 5) is 20.4. The van der Waals surface area contributed by atoms with Crippen LogP contribution in [0.15, 0.2) is 4.52 Å². The van der Waals surface area contributed by atoms with E-state index in [1.807, 2.05) is 23.6 Å². The van der Waals surface area contributed by atoms with Gasteiger partial charge in [-0.05, 0) is 26.7 Å². The molecule has 2 fully saturated rings. The normalized spacial score (nSPS) is 20.5. The zero-order valence-electron chi connectivity index (χ0n) is 12.4. The number of aromatic nitrogens is 2. The van der Waals surface area contributed by atoms with Crippen LogP contribution in [0.25, 0.3) is 0 Å². The van der Waals surface area contributed by atoms with Crippen molar-refractivity contribution in [2.45, 2.75) is 44.8 Å². The van der Waals surface area contributed by atoms with Gasteiger partial charge in [0.25, 0.3) is 0 Å². The van der Waals surface area contributed by atoms with E-state index in [4.69, 9.17) is 10.3 Å². The molecule has 2 N–H and O–H groups in total. The monoisotopic (exact) mass is 315 g/mol. The molecule has 0 spiro atoms. The van der Waals surface area contributed by atoms with Crippen molar-refractivity contribution in [1.29, 1.82) is 0 Å². The van der Waals surface area contributed by atoms with Crippen molar-refractivity contribution < 1.29 is 9.32 Å². The van der Waals surface area contributed by atoms with Gasteiger partial charge in [0.2, 0.25) is 11.8 Å². The molecule has 1 aliphatic heterocycles. The molecule has 0 unspecified atom stereocenters. The first-order valence-electron chi connectivity index (χ1n) is 7.07. The second-order valence-electron chi connectivity index (χ2n) is 6.26. The summed E-state index contributed by atoms with van der Waals surface area (Å²) in [7, 11) is 0. The number of rotatable bonds is 4. The molecule has 1 saturated carbocycles. The Morgan fingerprint density at radius 1 is 1.38 bits per heavy atom. The summed E-state index contributed by atoms with van der Waals surface area (Å²) in [6.07, 6.45) is 2.31. The van der Waals surface area contributed by atoms with Gasteiger partial charge in [-0.15, -0.1) is 12.4 Å².